The third-order valence-corrected chi connectivity index (χ3v) is 6.65. The standard InChI is InChI=1S/C21H21NO7/c1-7-3-4-12(23)14-10(7)5-9-6-11-8(2)16(24)15(20(22)28)19(27)21(11,29)18(26)13(9)17(14)25/h3-4,8-9,11,23,25,27,29H,5-6H2,1-2H3,(H2,22,28). The van der Waals surface area contributed by atoms with Crippen LogP contribution in [0.3, 0.4) is 0 Å². The predicted octanol–water partition coefficient (Wildman–Crippen LogP) is 0.978. The number of nitrogens with two attached hydrogens (primary N) is 1. The van der Waals surface area contributed by atoms with Crippen molar-refractivity contribution >= 4 is 23.2 Å². The molecule has 3 aliphatic rings. The summed E-state index contributed by atoms with van der Waals surface area (Å²) in [6.45, 7) is 3.29. The topological polar surface area (TPSA) is 158 Å². The maximum absolute atomic E-state index is 13.4. The van der Waals surface area contributed by atoms with E-state index in [1.54, 1.807) is 6.07 Å². The molecule has 1 amide bonds. The molecule has 8 nitrogen and oxygen atoms in total. The molecule has 1 fully saturated rings. The lowest BCUT2D eigenvalue weighted by Crippen LogP contribution is -2.61. The molecule has 1 aromatic rings. The first kappa shape index (κ1) is 19.2. The quantitative estimate of drug-likeness (QED) is 0.440. The van der Waals surface area contributed by atoms with Crippen LogP contribution < -0.4 is 5.73 Å². The van der Waals surface area contributed by atoms with E-state index in [1.165, 1.54) is 13.0 Å². The molecule has 0 aliphatic heterocycles. The second-order valence-corrected chi connectivity index (χ2v) is 8.10. The van der Waals surface area contributed by atoms with Gasteiger partial charge in [-0.1, -0.05) is 13.0 Å². The highest BCUT2D eigenvalue weighted by atomic mass is 16.3. The van der Waals surface area contributed by atoms with Crippen molar-refractivity contribution < 1.29 is 34.8 Å². The van der Waals surface area contributed by atoms with E-state index in [-0.39, 0.29) is 23.3 Å². The molecule has 4 unspecified atom stereocenters. The zero-order valence-electron chi connectivity index (χ0n) is 15.9. The van der Waals surface area contributed by atoms with Crippen LogP contribution in [0.2, 0.25) is 0 Å². The summed E-state index contributed by atoms with van der Waals surface area (Å²) in [6, 6.07) is 3.11. The van der Waals surface area contributed by atoms with E-state index in [1.807, 2.05) is 6.92 Å². The third-order valence-electron chi connectivity index (χ3n) is 6.65. The number of ketones is 2. The molecule has 0 aromatic heterocycles. The second kappa shape index (κ2) is 5.93. The maximum atomic E-state index is 13.4. The molecule has 152 valence electrons. The number of rotatable bonds is 1. The average molecular weight is 399 g/mol. The van der Waals surface area contributed by atoms with Crippen molar-refractivity contribution in [2.24, 2.45) is 23.5 Å². The number of aliphatic hydroxyl groups excluding tert-OH is 2. The Morgan fingerprint density at radius 1 is 1.21 bits per heavy atom. The first-order valence-electron chi connectivity index (χ1n) is 9.31. The van der Waals surface area contributed by atoms with Crippen molar-refractivity contribution in [1.29, 1.82) is 0 Å². The number of phenolic OH excluding ortho intramolecular Hbond substituents is 1. The van der Waals surface area contributed by atoms with Crippen LogP contribution in [0.1, 0.15) is 30.0 Å². The van der Waals surface area contributed by atoms with E-state index >= 15 is 0 Å². The van der Waals surface area contributed by atoms with Gasteiger partial charge in [-0.3, -0.25) is 14.4 Å². The highest BCUT2D eigenvalue weighted by Gasteiger charge is 2.62. The molecule has 4 atom stereocenters. The van der Waals surface area contributed by atoms with Crippen molar-refractivity contribution in [3.8, 4) is 5.75 Å². The zero-order valence-corrected chi connectivity index (χ0v) is 15.9. The fourth-order valence-corrected chi connectivity index (χ4v) is 5.09. The SMILES string of the molecule is Cc1ccc(O)c2c1CC1CC3C(C)C(=O)C(C(N)=O)=C(O)C3(O)C(=O)C1=C2O. The van der Waals surface area contributed by atoms with E-state index in [0.29, 0.717) is 12.0 Å². The van der Waals surface area contributed by atoms with Crippen molar-refractivity contribution in [3.05, 3.63) is 45.7 Å². The van der Waals surface area contributed by atoms with Crippen LogP contribution in [0.4, 0.5) is 0 Å². The van der Waals surface area contributed by atoms with Crippen LogP contribution in [0.15, 0.2) is 29.0 Å². The van der Waals surface area contributed by atoms with Gasteiger partial charge in [0, 0.05) is 17.4 Å². The number of benzene rings is 1. The molecule has 0 radical (unpaired) electrons. The second-order valence-electron chi connectivity index (χ2n) is 8.10. The van der Waals surface area contributed by atoms with E-state index in [0.717, 1.165) is 5.56 Å². The number of aliphatic hydroxyl groups is 3. The Morgan fingerprint density at radius 3 is 2.48 bits per heavy atom. The zero-order chi connectivity index (χ0) is 21.4. The number of carbonyl (C=O) groups is 3. The number of aryl methyl sites for hydroxylation is 1. The molecule has 1 saturated carbocycles. The van der Waals surface area contributed by atoms with E-state index in [9.17, 15) is 34.8 Å². The molecule has 8 heteroatoms. The Bertz CT molecular complexity index is 1070. The first-order valence-corrected chi connectivity index (χ1v) is 9.31. The fraction of sp³-hybridized carbons (Fsp3) is 0.381. The van der Waals surface area contributed by atoms with Crippen molar-refractivity contribution in [2.45, 2.75) is 32.3 Å². The number of Topliss-reactive ketones (excluding diaryl/α,β-unsaturated/α-hetero) is 2. The smallest absolute Gasteiger partial charge is 0.255 e. The van der Waals surface area contributed by atoms with Crippen LogP contribution in [0, 0.1) is 24.7 Å². The van der Waals surface area contributed by atoms with Gasteiger partial charge in [-0.2, -0.15) is 0 Å². The minimum absolute atomic E-state index is 0.116. The largest absolute Gasteiger partial charge is 0.508 e. The molecular formula is C21H21NO7. The van der Waals surface area contributed by atoms with Crippen LogP contribution in [-0.4, -0.2) is 43.5 Å². The maximum Gasteiger partial charge on any atom is 0.255 e. The summed E-state index contributed by atoms with van der Waals surface area (Å²) in [4.78, 5) is 37.6. The summed E-state index contributed by atoms with van der Waals surface area (Å²) in [5, 5.41) is 42.9. The minimum Gasteiger partial charge on any atom is -0.508 e. The van der Waals surface area contributed by atoms with Gasteiger partial charge in [-0.15, -0.1) is 0 Å². The number of fused-ring (bicyclic) bond motifs is 3. The normalized spacial score (nSPS) is 31.3. The highest BCUT2D eigenvalue weighted by molar-refractivity contribution is 6.23. The van der Waals surface area contributed by atoms with Crippen LogP contribution in [0.5, 0.6) is 5.75 Å². The lowest BCUT2D eigenvalue weighted by atomic mass is 9.56. The van der Waals surface area contributed by atoms with Gasteiger partial charge in [0.05, 0.1) is 5.56 Å². The third kappa shape index (κ3) is 2.26. The molecule has 0 bridgehead atoms. The lowest BCUT2D eigenvalue weighted by Gasteiger charge is -2.48. The van der Waals surface area contributed by atoms with Gasteiger partial charge in [-0.05, 0) is 42.9 Å². The molecule has 0 saturated heterocycles. The Balaban J connectivity index is 1.98. The summed E-state index contributed by atoms with van der Waals surface area (Å²) < 4.78 is 0. The number of aromatic hydroxyl groups is 1. The number of primary amides is 1. The summed E-state index contributed by atoms with van der Waals surface area (Å²) in [6.07, 6.45) is 0.445. The summed E-state index contributed by atoms with van der Waals surface area (Å²) in [5.74, 6) is -7.11. The summed E-state index contributed by atoms with van der Waals surface area (Å²) >= 11 is 0. The van der Waals surface area contributed by atoms with Gasteiger partial charge in [0.1, 0.15) is 22.8 Å². The summed E-state index contributed by atoms with van der Waals surface area (Å²) in [5.41, 5.74) is 3.35. The van der Waals surface area contributed by atoms with Crippen LogP contribution >= 0.6 is 0 Å². The highest BCUT2D eigenvalue weighted by Crippen LogP contribution is 2.53. The Morgan fingerprint density at radius 2 is 1.86 bits per heavy atom. The van der Waals surface area contributed by atoms with Gasteiger partial charge >= 0.3 is 0 Å². The number of phenols is 1. The van der Waals surface area contributed by atoms with Gasteiger partial charge in [0.25, 0.3) is 5.91 Å². The molecule has 1 aromatic carbocycles. The number of amides is 1. The fourth-order valence-electron chi connectivity index (χ4n) is 5.09. The minimum atomic E-state index is -2.55. The Kier molecular flexibility index (Phi) is 3.93. The summed E-state index contributed by atoms with van der Waals surface area (Å²) in [7, 11) is 0. The van der Waals surface area contributed by atoms with E-state index in [4.69, 9.17) is 5.73 Å². The van der Waals surface area contributed by atoms with Crippen LogP contribution in [0.25, 0.3) is 5.76 Å². The van der Waals surface area contributed by atoms with E-state index in [2.05, 4.69) is 0 Å². The first-order chi connectivity index (χ1) is 13.5. The van der Waals surface area contributed by atoms with E-state index < -0.39 is 57.9 Å². The van der Waals surface area contributed by atoms with Gasteiger partial charge in [0.2, 0.25) is 5.78 Å². The Labute approximate surface area is 166 Å². The molecule has 0 spiro atoms. The molecule has 0 heterocycles. The Hall–Kier alpha value is -3.13. The molecule has 29 heavy (non-hydrogen) atoms. The lowest BCUT2D eigenvalue weighted by molar-refractivity contribution is -0.152. The van der Waals surface area contributed by atoms with Gasteiger partial charge in [-0.25, -0.2) is 0 Å². The number of hydrogen-bond donors (Lipinski definition) is 5. The average Bonchev–Trinajstić information content (AvgIpc) is 2.65. The number of hydrogen-bond acceptors (Lipinski definition) is 7. The monoisotopic (exact) mass is 399 g/mol. The van der Waals surface area contributed by atoms with Crippen molar-refractivity contribution in [2.75, 3.05) is 0 Å². The molecule has 3 aliphatic carbocycles. The van der Waals surface area contributed by atoms with Gasteiger partial charge < -0.3 is 26.2 Å². The number of carbonyl (C=O) groups excluding carboxylic acids is 3. The molecule has 6 N–H and O–H groups in total. The molecule has 4 rings (SSSR count). The van der Waals surface area contributed by atoms with Crippen LogP contribution in [-0.2, 0) is 20.8 Å². The van der Waals surface area contributed by atoms with Crippen molar-refractivity contribution in [3.63, 3.8) is 0 Å². The van der Waals surface area contributed by atoms with Crippen molar-refractivity contribution in [1.82, 2.24) is 0 Å². The van der Waals surface area contributed by atoms with Gasteiger partial charge in [0.15, 0.2) is 11.4 Å². The molecular weight excluding hydrogens is 378 g/mol. The predicted molar refractivity (Wildman–Crippen MR) is 101 cm³/mol.